The van der Waals surface area contributed by atoms with Crippen molar-refractivity contribution in [3.63, 3.8) is 0 Å². The molecule has 3 unspecified atom stereocenters. The molecule has 2 aromatic heterocycles. The molecule has 1 aromatic carbocycles. The number of hydrogen-bond donors (Lipinski definition) is 0. The van der Waals surface area contributed by atoms with Crippen LogP contribution in [0.15, 0.2) is 29.2 Å². The lowest BCUT2D eigenvalue weighted by atomic mass is 9.86. The molecule has 0 amide bonds. The van der Waals surface area contributed by atoms with E-state index in [1.54, 1.807) is 20.0 Å². The molecule has 4 heterocycles. The van der Waals surface area contributed by atoms with Crippen molar-refractivity contribution in [3.8, 4) is 11.3 Å². The van der Waals surface area contributed by atoms with Gasteiger partial charge in [0.05, 0.1) is 24.0 Å². The second-order valence-electron chi connectivity index (χ2n) is 9.28. The molecule has 0 N–H and O–H groups in total. The third-order valence-electron chi connectivity index (χ3n) is 7.07. The second kappa shape index (κ2) is 8.98. The molecule has 0 bridgehead atoms. The van der Waals surface area contributed by atoms with Crippen LogP contribution in [0.25, 0.3) is 16.9 Å². The minimum atomic E-state index is -4.68. The van der Waals surface area contributed by atoms with E-state index in [1.165, 1.54) is 4.40 Å². The highest BCUT2D eigenvalue weighted by atomic mass is 19.4. The normalized spacial score (nSPS) is 23.2. The van der Waals surface area contributed by atoms with E-state index in [1.807, 2.05) is 0 Å². The number of fused-ring (bicyclic) bond motifs is 1. The first-order valence-corrected chi connectivity index (χ1v) is 11.6. The van der Waals surface area contributed by atoms with Crippen LogP contribution < -0.4 is 5.56 Å². The molecule has 2 fully saturated rings. The molecule has 10 heteroatoms. The molecule has 0 spiro atoms. The summed E-state index contributed by atoms with van der Waals surface area (Å²) in [6.07, 6.45) is -0.845. The molecule has 3 aromatic rings. The maximum atomic E-state index is 15.0. The van der Waals surface area contributed by atoms with Gasteiger partial charge >= 0.3 is 6.18 Å². The predicted octanol–water partition coefficient (Wildman–Crippen LogP) is 4.83. The summed E-state index contributed by atoms with van der Waals surface area (Å²) in [4.78, 5) is 22.3. The van der Waals surface area contributed by atoms with Gasteiger partial charge in [-0.05, 0) is 51.3 Å². The number of ether oxygens (including phenoxy) is 2. The Labute approximate surface area is 198 Å². The van der Waals surface area contributed by atoms with Gasteiger partial charge in [0.2, 0.25) is 0 Å². The number of benzene rings is 1. The molecule has 3 atom stereocenters. The molecular formula is C25H25F4N3O3. The molecule has 186 valence electrons. The molecule has 2 saturated heterocycles. The van der Waals surface area contributed by atoms with Crippen LogP contribution in [-0.4, -0.2) is 40.3 Å². The fourth-order valence-corrected chi connectivity index (χ4v) is 4.89. The topological polar surface area (TPSA) is 65.7 Å². The van der Waals surface area contributed by atoms with E-state index < -0.39 is 17.6 Å². The third-order valence-corrected chi connectivity index (χ3v) is 7.07. The fourth-order valence-electron chi connectivity index (χ4n) is 4.89. The van der Waals surface area contributed by atoms with E-state index in [9.17, 15) is 18.0 Å². The van der Waals surface area contributed by atoms with Gasteiger partial charge in [0.25, 0.3) is 5.56 Å². The van der Waals surface area contributed by atoms with Crippen LogP contribution in [-0.2, 0) is 15.7 Å². The SMILES string of the molecule is Cc1nc2c(-c3ccc(C(F)(F)F)cc3F)nc(C3CCOC(C4CCOC4)C3)cn2c(=O)c1C. The molecule has 35 heavy (non-hydrogen) atoms. The largest absolute Gasteiger partial charge is 0.416 e. The standard InChI is InChI=1S/C25H25F4N3O3/c1-13-14(2)30-23-22(18-4-3-17(10-19(18)26)25(27,28)29)31-20(11-32(23)24(13)33)15-6-8-35-21(9-15)16-5-7-34-12-16/h3-4,10-11,15-16,21H,5-9,12H2,1-2H3. The van der Waals surface area contributed by atoms with Crippen molar-refractivity contribution in [1.82, 2.24) is 14.4 Å². The zero-order chi connectivity index (χ0) is 24.9. The summed E-state index contributed by atoms with van der Waals surface area (Å²) in [5.74, 6) is -0.866. The summed E-state index contributed by atoms with van der Waals surface area (Å²) in [5.41, 5.74) is 0.0396. The monoisotopic (exact) mass is 491 g/mol. The van der Waals surface area contributed by atoms with Crippen molar-refractivity contribution in [3.05, 3.63) is 63.1 Å². The van der Waals surface area contributed by atoms with Gasteiger partial charge < -0.3 is 9.47 Å². The number of aryl methyl sites for hydroxylation is 1. The van der Waals surface area contributed by atoms with Gasteiger partial charge in [-0.2, -0.15) is 13.2 Å². The van der Waals surface area contributed by atoms with Crippen molar-refractivity contribution in [2.45, 2.75) is 51.3 Å². The van der Waals surface area contributed by atoms with Gasteiger partial charge in [0.1, 0.15) is 11.5 Å². The summed E-state index contributed by atoms with van der Waals surface area (Å²) < 4.78 is 67.2. The van der Waals surface area contributed by atoms with Crippen molar-refractivity contribution >= 4 is 5.65 Å². The highest BCUT2D eigenvalue weighted by molar-refractivity contribution is 5.74. The Kier molecular flexibility index (Phi) is 6.13. The lowest BCUT2D eigenvalue weighted by molar-refractivity contribution is -0.137. The van der Waals surface area contributed by atoms with Crippen molar-refractivity contribution in [1.29, 1.82) is 0 Å². The third kappa shape index (κ3) is 4.45. The van der Waals surface area contributed by atoms with Crippen LogP contribution in [0.1, 0.15) is 47.7 Å². The van der Waals surface area contributed by atoms with E-state index in [2.05, 4.69) is 4.98 Å². The Hall–Kier alpha value is -2.85. The van der Waals surface area contributed by atoms with E-state index in [0.717, 1.165) is 18.6 Å². The number of alkyl halides is 3. The fraction of sp³-hybridized carbons (Fsp3) is 0.480. The van der Waals surface area contributed by atoms with Gasteiger partial charge in [-0.25, -0.2) is 14.4 Å². The zero-order valence-corrected chi connectivity index (χ0v) is 19.4. The van der Waals surface area contributed by atoms with Gasteiger partial charge in [-0.1, -0.05) is 0 Å². The first-order valence-electron chi connectivity index (χ1n) is 11.6. The average molecular weight is 491 g/mol. The molecule has 2 aliphatic heterocycles. The highest BCUT2D eigenvalue weighted by Crippen LogP contribution is 2.37. The Morgan fingerprint density at radius 3 is 2.60 bits per heavy atom. The Morgan fingerprint density at radius 1 is 1.11 bits per heavy atom. The summed E-state index contributed by atoms with van der Waals surface area (Å²) in [5, 5.41) is 0. The predicted molar refractivity (Wildman–Crippen MR) is 120 cm³/mol. The molecule has 0 saturated carbocycles. The molecule has 5 rings (SSSR count). The first-order chi connectivity index (χ1) is 16.6. The highest BCUT2D eigenvalue weighted by Gasteiger charge is 2.34. The van der Waals surface area contributed by atoms with Crippen LogP contribution in [0.2, 0.25) is 0 Å². The lowest BCUT2D eigenvalue weighted by Gasteiger charge is -2.32. The minimum Gasteiger partial charge on any atom is -0.381 e. The van der Waals surface area contributed by atoms with Gasteiger partial charge in [-0.3, -0.25) is 9.20 Å². The van der Waals surface area contributed by atoms with Crippen molar-refractivity contribution in [2.24, 2.45) is 5.92 Å². The van der Waals surface area contributed by atoms with Crippen molar-refractivity contribution < 1.29 is 27.0 Å². The maximum Gasteiger partial charge on any atom is 0.416 e. The van der Waals surface area contributed by atoms with E-state index in [0.29, 0.717) is 55.7 Å². The van der Waals surface area contributed by atoms with Gasteiger partial charge in [0.15, 0.2) is 5.65 Å². The zero-order valence-electron chi connectivity index (χ0n) is 19.4. The summed E-state index contributed by atoms with van der Waals surface area (Å²) in [7, 11) is 0. The summed E-state index contributed by atoms with van der Waals surface area (Å²) in [6.45, 7) is 5.15. The van der Waals surface area contributed by atoms with Crippen LogP contribution in [0.4, 0.5) is 17.6 Å². The van der Waals surface area contributed by atoms with E-state index >= 15 is 4.39 Å². The number of hydrogen-bond acceptors (Lipinski definition) is 5. The summed E-state index contributed by atoms with van der Waals surface area (Å²) >= 11 is 0. The average Bonchev–Trinajstić information content (AvgIpc) is 3.37. The molecule has 0 radical (unpaired) electrons. The smallest absolute Gasteiger partial charge is 0.381 e. The minimum absolute atomic E-state index is 0.0189. The van der Waals surface area contributed by atoms with E-state index in [-0.39, 0.29) is 40.4 Å². The van der Waals surface area contributed by atoms with Gasteiger partial charge in [-0.15, -0.1) is 0 Å². The number of aromatic nitrogens is 3. The van der Waals surface area contributed by atoms with E-state index in [4.69, 9.17) is 14.5 Å². The number of halogens is 4. The molecular weight excluding hydrogens is 466 g/mol. The van der Waals surface area contributed by atoms with Gasteiger partial charge in [0, 0.05) is 48.1 Å². The van der Waals surface area contributed by atoms with Crippen LogP contribution >= 0.6 is 0 Å². The first kappa shape index (κ1) is 23.9. The molecule has 0 aliphatic carbocycles. The van der Waals surface area contributed by atoms with Crippen LogP contribution in [0, 0.1) is 25.6 Å². The lowest BCUT2D eigenvalue weighted by Crippen LogP contribution is -2.32. The molecule has 6 nitrogen and oxygen atoms in total. The quantitative estimate of drug-likeness (QED) is 0.491. The second-order valence-corrected chi connectivity index (χ2v) is 9.28. The Balaban J connectivity index is 1.65. The number of rotatable bonds is 3. The summed E-state index contributed by atoms with van der Waals surface area (Å²) in [6, 6.07) is 2.31. The van der Waals surface area contributed by atoms with Crippen LogP contribution in [0.5, 0.6) is 0 Å². The Morgan fingerprint density at radius 2 is 1.91 bits per heavy atom. The number of nitrogens with zero attached hydrogens (tertiary/aromatic N) is 3. The van der Waals surface area contributed by atoms with Crippen LogP contribution in [0.3, 0.4) is 0 Å². The van der Waals surface area contributed by atoms with Crippen molar-refractivity contribution in [2.75, 3.05) is 19.8 Å². The molecule has 2 aliphatic rings. The maximum absolute atomic E-state index is 15.0. The Bertz CT molecular complexity index is 1330.